The van der Waals surface area contributed by atoms with Crippen LogP contribution < -0.4 is 5.73 Å². The third-order valence-corrected chi connectivity index (χ3v) is 5.66. The van der Waals surface area contributed by atoms with Crippen LogP contribution in [0.25, 0.3) is 0 Å². The molecule has 0 spiro atoms. The van der Waals surface area contributed by atoms with E-state index in [2.05, 4.69) is 0 Å². The summed E-state index contributed by atoms with van der Waals surface area (Å²) >= 11 is 5.74. The summed E-state index contributed by atoms with van der Waals surface area (Å²) in [6, 6.07) is 4.35. The highest BCUT2D eigenvalue weighted by atomic mass is 35.5. The van der Waals surface area contributed by atoms with E-state index in [1.807, 2.05) is 0 Å². The Bertz CT molecular complexity index is 605. The molecule has 112 valence electrons. The Morgan fingerprint density at radius 2 is 1.95 bits per heavy atom. The van der Waals surface area contributed by atoms with Gasteiger partial charge in [0.05, 0.1) is 26.8 Å². The molecule has 0 heterocycles. The summed E-state index contributed by atoms with van der Waals surface area (Å²) in [5.74, 6) is -0.844. The van der Waals surface area contributed by atoms with Gasteiger partial charge in [0, 0.05) is 0 Å². The molecule has 7 heteroatoms. The predicted octanol–water partition coefficient (Wildman–Crippen LogP) is 2.29. The first-order valence-electron chi connectivity index (χ1n) is 5.99. The Kier molecular flexibility index (Phi) is 5.05. The van der Waals surface area contributed by atoms with Gasteiger partial charge in [-0.1, -0.05) is 11.6 Å². The number of halogens is 1. The molecule has 0 aliphatic carbocycles. The van der Waals surface area contributed by atoms with Crippen LogP contribution >= 0.6 is 11.6 Å². The lowest BCUT2D eigenvalue weighted by molar-refractivity contribution is 0.0529. The first kappa shape index (κ1) is 16.8. The summed E-state index contributed by atoms with van der Waals surface area (Å²) in [6.07, 6.45) is 0. The molecular weight excluding hydrogens is 302 g/mol. The SMILES string of the molecule is CC(C)(C)S(=O)(=O)CCOC(=O)c1ccc(Cl)c(N)c1. The number of esters is 1. The standard InChI is InChI=1S/C13H18ClNO4S/c1-13(2,3)20(17,18)7-6-19-12(16)9-4-5-10(14)11(15)8-9/h4-5,8H,6-7,15H2,1-3H3. The molecule has 0 aliphatic rings. The molecule has 1 aromatic rings. The lowest BCUT2D eigenvalue weighted by Crippen LogP contribution is -2.32. The first-order valence-corrected chi connectivity index (χ1v) is 8.02. The minimum atomic E-state index is -3.31. The maximum Gasteiger partial charge on any atom is 0.338 e. The summed E-state index contributed by atoms with van der Waals surface area (Å²) in [5, 5.41) is 0.344. The Labute approximate surface area is 124 Å². The molecule has 0 fully saturated rings. The minimum absolute atomic E-state index is 0.193. The third-order valence-electron chi connectivity index (χ3n) is 2.75. The number of carbonyl (C=O) groups is 1. The highest BCUT2D eigenvalue weighted by molar-refractivity contribution is 7.92. The fourth-order valence-corrected chi connectivity index (χ4v) is 2.34. The van der Waals surface area contributed by atoms with Gasteiger partial charge in [-0.15, -0.1) is 0 Å². The molecule has 5 nitrogen and oxygen atoms in total. The largest absolute Gasteiger partial charge is 0.461 e. The third kappa shape index (κ3) is 4.11. The van der Waals surface area contributed by atoms with Gasteiger partial charge in [0.2, 0.25) is 0 Å². The lowest BCUT2D eigenvalue weighted by atomic mass is 10.2. The molecule has 0 amide bonds. The molecule has 20 heavy (non-hydrogen) atoms. The zero-order valence-electron chi connectivity index (χ0n) is 11.6. The van der Waals surface area contributed by atoms with Gasteiger partial charge in [0.15, 0.2) is 9.84 Å². The Morgan fingerprint density at radius 3 is 2.45 bits per heavy atom. The maximum atomic E-state index is 11.8. The van der Waals surface area contributed by atoms with E-state index in [4.69, 9.17) is 22.1 Å². The van der Waals surface area contributed by atoms with Crippen LogP contribution in [0.2, 0.25) is 5.02 Å². The summed E-state index contributed by atoms with van der Waals surface area (Å²) < 4.78 is 27.7. The fourth-order valence-electron chi connectivity index (χ4n) is 1.30. The van der Waals surface area contributed by atoms with E-state index in [0.29, 0.717) is 5.02 Å². The van der Waals surface area contributed by atoms with E-state index < -0.39 is 20.6 Å². The van der Waals surface area contributed by atoms with Crippen molar-refractivity contribution in [2.75, 3.05) is 18.1 Å². The van der Waals surface area contributed by atoms with Gasteiger partial charge in [0.1, 0.15) is 6.61 Å². The Hall–Kier alpha value is -1.27. The van der Waals surface area contributed by atoms with Crippen LogP contribution in [0.15, 0.2) is 18.2 Å². The van der Waals surface area contributed by atoms with Crippen LogP contribution in [0.1, 0.15) is 31.1 Å². The molecule has 0 bridgehead atoms. The van der Waals surface area contributed by atoms with Crippen LogP contribution in [0.4, 0.5) is 5.69 Å². The predicted molar refractivity (Wildman–Crippen MR) is 79.7 cm³/mol. The average Bonchev–Trinajstić information content (AvgIpc) is 2.30. The number of hydrogen-bond acceptors (Lipinski definition) is 5. The molecule has 2 N–H and O–H groups in total. The zero-order valence-corrected chi connectivity index (χ0v) is 13.2. The van der Waals surface area contributed by atoms with Crippen LogP contribution in [0.5, 0.6) is 0 Å². The van der Waals surface area contributed by atoms with Crippen molar-refractivity contribution in [3.63, 3.8) is 0 Å². The minimum Gasteiger partial charge on any atom is -0.461 e. The van der Waals surface area contributed by atoms with Crippen LogP contribution in [-0.4, -0.2) is 31.5 Å². The molecular formula is C13H18ClNO4S. The monoisotopic (exact) mass is 319 g/mol. The number of nitrogen functional groups attached to an aromatic ring is 1. The van der Waals surface area contributed by atoms with Crippen molar-refractivity contribution >= 4 is 33.1 Å². The van der Waals surface area contributed by atoms with Crippen LogP contribution in [-0.2, 0) is 14.6 Å². The molecule has 0 aliphatic heterocycles. The quantitative estimate of drug-likeness (QED) is 0.679. The van der Waals surface area contributed by atoms with Gasteiger partial charge in [-0.25, -0.2) is 13.2 Å². The van der Waals surface area contributed by atoms with E-state index in [-0.39, 0.29) is 23.6 Å². The maximum absolute atomic E-state index is 11.8. The number of sulfone groups is 1. The number of anilines is 1. The molecule has 1 rings (SSSR count). The molecule has 0 unspecified atom stereocenters. The molecule has 0 saturated heterocycles. The van der Waals surface area contributed by atoms with Crippen molar-refractivity contribution in [2.45, 2.75) is 25.5 Å². The number of ether oxygens (including phenoxy) is 1. The van der Waals surface area contributed by atoms with Gasteiger partial charge in [-0.2, -0.15) is 0 Å². The van der Waals surface area contributed by atoms with E-state index in [1.54, 1.807) is 20.8 Å². The van der Waals surface area contributed by atoms with Crippen molar-refractivity contribution < 1.29 is 17.9 Å². The van der Waals surface area contributed by atoms with E-state index >= 15 is 0 Å². The number of hydrogen-bond donors (Lipinski definition) is 1. The highest BCUT2D eigenvalue weighted by Gasteiger charge is 2.28. The number of carbonyl (C=O) groups excluding carboxylic acids is 1. The normalized spacial score (nSPS) is 12.2. The number of nitrogens with two attached hydrogens (primary N) is 1. The van der Waals surface area contributed by atoms with Crippen LogP contribution in [0.3, 0.4) is 0 Å². The molecule has 0 atom stereocenters. The molecule has 0 aromatic heterocycles. The van der Waals surface area contributed by atoms with Gasteiger partial charge in [-0.3, -0.25) is 0 Å². The highest BCUT2D eigenvalue weighted by Crippen LogP contribution is 2.20. The van der Waals surface area contributed by atoms with Gasteiger partial charge in [-0.05, 0) is 39.0 Å². The second-order valence-electron chi connectivity index (χ2n) is 5.30. The van der Waals surface area contributed by atoms with E-state index in [1.165, 1.54) is 18.2 Å². The molecule has 1 aromatic carbocycles. The van der Waals surface area contributed by atoms with Gasteiger partial charge >= 0.3 is 5.97 Å². The second-order valence-corrected chi connectivity index (χ2v) is 8.57. The Balaban J connectivity index is 2.63. The summed E-state index contributed by atoms with van der Waals surface area (Å²) in [7, 11) is -3.31. The van der Waals surface area contributed by atoms with Crippen molar-refractivity contribution in [1.82, 2.24) is 0 Å². The topological polar surface area (TPSA) is 86.5 Å². The summed E-state index contributed by atoms with van der Waals surface area (Å²) in [6.45, 7) is 4.61. The molecule has 0 saturated carbocycles. The van der Waals surface area contributed by atoms with Gasteiger partial charge < -0.3 is 10.5 Å². The second kappa shape index (κ2) is 6.01. The first-order chi connectivity index (χ1) is 9.04. The van der Waals surface area contributed by atoms with Crippen molar-refractivity contribution in [2.24, 2.45) is 0 Å². The van der Waals surface area contributed by atoms with Gasteiger partial charge in [0.25, 0.3) is 0 Å². The summed E-state index contributed by atoms with van der Waals surface area (Å²) in [5.41, 5.74) is 6.08. The Morgan fingerprint density at radius 1 is 1.35 bits per heavy atom. The average molecular weight is 320 g/mol. The van der Waals surface area contributed by atoms with Crippen LogP contribution in [0, 0.1) is 0 Å². The lowest BCUT2D eigenvalue weighted by Gasteiger charge is -2.18. The molecule has 0 radical (unpaired) electrons. The van der Waals surface area contributed by atoms with Crippen molar-refractivity contribution in [3.05, 3.63) is 28.8 Å². The number of benzene rings is 1. The zero-order chi connectivity index (χ0) is 15.6. The fraction of sp³-hybridized carbons (Fsp3) is 0.462. The van der Waals surface area contributed by atoms with Crippen molar-refractivity contribution in [1.29, 1.82) is 0 Å². The number of rotatable bonds is 4. The van der Waals surface area contributed by atoms with E-state index in [0.717, 1.165) is 0 Å². The van der Waals surface area contributed by atoms with Crippen molar-refractivity contribution in [3.8, 4) is 0 Å². The summed E-state index contributed by atoms with van der Waals surface area (Å²) in [4.78, 5) is 11.7. The smallest absolute Gasteiger partial charge is 0.338 e. The van der Waals surface area contributed by atoms with E-state index in [9.17, 15) is 13.2 Å².